The molecule has 0 atom stereocenters. The largest absolute Gasteiger partial charge is 0.368 e. The van der Waals surface area contributed by atoms with Gasteiger partial charge in [0.25, 0.3) is 0 Å². The summed E-state index contributed by atoms with van der Waals surface area (Å²) in [4.78, 5) is 27.6. The first-order chi connectivity index (χ1) is 11.6. The molecule has 2 amide bonds. The summed E-state index contributed by atoms with van der Waals surface area (Å²) < 4.78 is 0. The summed E-state index contributed by atoms with van der Waals surface area (Å²) in [5.74, 6) is 0.291. The molecule has 132 valence electrons. The Morgan fingerprint density at radius 3 is 2.46 bits per heavy atom. The van der Waals surface area contributed by atoms with Crippen molar-refractivity contribution in [1.82, 2.24) is 10.2 Å². The van der Waals surface area contributed by atoms with Gasteiger partial charge in [-0.3, -0.25) is 9.59 Å². The number of unbranched alkanes of at least 4 members (excludes halogenated alkanes) is 2. The van der Waals surface area contributed by atoms with Gasteiger partial charge in [-0.05, 0) is 31.0 Å². The maximum absolute atomic E-state index is 12.3. The van der Waals surface area contributed by atoms with E-state index in [2.05, 4.69) is 16.3 Å². The van der Waals surface area contributed by atoms with Crippen LogP contribution in [0.1, 0.15) is 32.1 Å². The summed E-state index contributed by atoms with van der Waals surface area (Å²) in [5.41, 5.74) is 1.11. The van der Waals surface area contributed by atoms with E-state index in [4.69, 9.17) is 11.6 Å². The molecule has 2 rings (SSSR count). The van der Waals surface area contributed by atoms with Crippen molar-refractivity contribution in [2.24, 2.45) is 0 Å². The maximum atomic E-state index is 12.3. The van der Waals surface area contributed by atoms with Crippen molar-refractivity contribution < 1.29 is 9.59 Å². The first kappa shape index (κ1) is 18.6. The second-order valence-electron chi connectivity index (χ2n) is 6.08. The number of amides is 2. The number of rotatable bonds is 7. The monoisotopic (exact) mass is 351 g/mol. The van der Waals surface area contributed by atoms with E-state index in [1.54, 1.807) is 7.05 Å². The van der Waals surface area contributed by atoms with Crippen molar-refractivity contribution in [3.05, 3.63) is 29.3 Å². The molecule has 1 aromatic rings. The van der Waals surface area contributed by atoms with E-state index < -0.39 is 0 Å². The lowest BCUT2D eigenvalue weighted by Crippen LogP contribution is -2.48. The number of anilines is 1. The third-order valence-electron chi connectivity index (χ3n) is 4.38. The highest BCUT2D eigenvalue weighted by Gasteiger charge is 2.20. The van der Waals surface area contributed by atoms with Gasteiger partial charge in [0.05, 0.1) is 0 Å². The van der Waals surface area contributed by atoms with Crippen LogP contribution >= 0.6 is 11.6 Å². The number of piperazine rings is 1. The predicted octanol–water partition coefficient (Wildman–Crippen LogP) is 2.69. The van der Waals surface area contributed by atoms with E-state index >= 15 is 0 Å². The van der Waals surface area contributed by atoms with Crippen LogP contribution in [-0.4, -0.2) is 49.9 Å². The Bertz CT molecular complexity index is 557. The predicted molar refractivity (Wildman–Crippen MR) is 97.4 cm³/mol. The average Bonchev–Trinajstić information content (AvgIpc) is 2.61. The highest BCUT2D eigenvalue weighted by molar-refractivity contribution is 6.30. The SMILES string of the molecule is CNC(=O)CCCCCC(=O)N1CCN(c2cccc(Cl)c2)CC1. The third kappa shape index (κ3) is 5.71. The second kappa shape index (κ2) is 9.52. The number of benzene rings is 1. The molecule has 6 heteroatoms. The van der Waals surface area contributed by atoms with Gasteiger partial charge >= 0.3 is 0 Å². The minimum absolute atomic E-state index is 0.0680. The van der Waals surface area contributed by atoms with Crippen molar-refractivity contribution in [1.29, 1.82) is 0 Å². The molecule has 0 saturated carbocycles. The van der Waals surface area contributed by atoms with Gasteiger partial charge in [-0.15, -0.1) is 0 Å². The van der Waals surface area contributed by atoms with Gasteiger partial charge in [0.2, 0.25) is 11.8 Å². The van der Waals surface area contributed by atoms with Crippen LogP contribution in [0.15, 0.2) is 24.3 Å². The first-order valence-corrected chi connectivity index (χ1v) is 8.97. The fraction of sp³-hybridized carbons (Fsp3) is 0.556. The zero-order chi connectivity index (χ0) is 17.4. The number of carbonyl (C=O) groups excluding carboxylic acids is 2. The topological polar surface area (TPSA) is 52.7 Å². The number of nitrogens with one attached hydrogen (secondary N) is 1. The first-order valence-electron chi connectivity index (χ1n) is 8.59. The Balaban J connectivity index is 1.66. The molecule has 0 radical (unpaired) electrons. The number of hydrogen-bond acceptors (Lipinski definition) is 3. The highest BCUT2D eigenvalue weighted by Crippen LogP contribution is 2.21. The molecule has 5 nitrogen and oxygen atoms in total. The van der Waals surface area contributed by atoms with E-state index in [1.165, 1.54) is 0 Å². The molecule has 1 aliphatic rings. The standard InChI is InChI=1S/C18H26ClN3O2/c1-20-17(23)8-3-2-4-9-18(24)22-12-10-21(11-13-22)16-7-5-6-15(19)14-16/h5-7,14H,2-4,8-13H2,1H3,(H,20,23). The molecule has 1 fully saturated rings. The summed E-state index contributed by atoms with van der Waals surface area (Å²) in [6.45, 7) is 3.18. The molecule has 0 unspecified atom stereocenters. The fourth-order valence-corrected chi connectivity index (χ4v) is 3.09. The lowest BCUT2D eigenvalue weighted by Gasteiger charge is -2.36. The smallest absolute Gasteiger partial charge is 0.222 e. The van der Waals surface area contributed by atoms with Crippen LogP contribution in [-0.2, 0) is 9.59 Å². The molecule has 1 aliphatic heterocycles. The zero-order valence-electron chi connectivity index (χ0n) is 14.3. The molecule has 1 aromatic carbocycles. The molecule has 0 bridgehead atoms. The molecular formula is C18H26ClN3O2. The molecule has 1 N–H and O–H groups in total. The minimum Gasteiger partial charge on any atom is -0.368 e. The van der Waals surface area contributed by atoms with Gasteiger partial charge in [-0.2, -0.15) is 0 Å². The van der Waals surface area contributed by atoms with Crippen molar-refractivity contribution in [3.63, 3.8) is 0 Å². The van der Waals surface area contributed by atoms with E-state index in [9.17, 15) is 9.59 Å². The van der Waals surface area contributed by atoms with Gasteiger partial charge in [-0.25, -0.2) is 0 Å². The van der Waals surface area contributed by atoms with E-state index in [1.807, 2.05) is 23.1 Å². The molecule has 0 aliphatic carbocycles. The van der Waals surface area contributed by atoms with Crippen LogP contribution in [0.5, 0.6) is 0 Å². The van der Waals surface area contributed by atoms with E-state index in [-0.39, 0.29) is 11.8 Å². The Morgan fingerprint density at radius 2 is 1.79 bits per heavy atom. The Kier molecular flexibility index (Phi) is 7.37. The zero-order valence-corrected chi connectivity index (χ0v) is 15.0. The number of halogens is 1. The van der Waals surface area contributed by atoms with Crippen molar-refractivity contribution in [2.75, 3.05) is 38.1 Å². The normalized spacial score (nSPS) is 14.6. The van der Waals surface area contributed by atoms with Gasteiger partial charge in [0.1, 0.15) is 0 Å². The number of nitrogens with zero attached hydrogens (tertiary/aromatic N) is 2. The molecule has 0 aromatic heterocycles. The van der Waals surface area contributed by atoms with E-state index in [0.717, 1.165) is 56.2 Å². The molecule has 0 spiro atoms. The van der Waals surface area contributed by atoms with Gasteiger partial charge in [0, 0.05) is 56.8 Å². The summed E-state index contributed by atoms with van der Waals surface area (Å²) in [6, 6.07) is 7.84. The summed E-state index contributed by atoms with van der Waals surface area (Å²) >= 11 is 6.04. The third-order valence-corrected chi connectivity index (χ3v) is 4.61. The average molecular weight is 352 g/mol. The van der Waals surface area contributed by atoms with Crippen molar-refractivity contribution >= 4 is 29.1 Å². The lowest BCUT2D eigenvalue weighted by molar-refractivity contribution is -0.131. The van der Waals surface area contributed by atoms with Crippen molar-refractivity contribution in [3.8, 4) is 0 Å². The summed E-state index contributed by atoms with van der Waals surface area (Å²) in [6.07, 6.45) is 3.73. The van der Waals surface area contributed by atoms with Crippen LogP contribution in [0.4, 0.5) is 5.69 Å². The maximum Gasteiger partial charge on any atom is 0.222 e. The number of carbonyl (C=O) groups is 2. The molecule has 1 heterocycles. The molecular weight excluding hydrogens is 326 g/mol. The second-order valence-corrected chi connectivity index (χ2v) is 6.52. The summed E-state index contributed by atoms with van der Waals surface area (Å²) in [7, 11) is 1.65. The quantitative estimate of drug-likeness (QED) is 0.768. The van der Waals surface area contributed by atoms with Crippen LogP contribution in [0.3, 0.4) is 0 Å². The Morgan fingerprint density at radius 1 is 1.08 bits per heavy atom. The van der Waals surface area contributed by atoms with Crippen LogP contribution in [0.25, 0.3) is 0 Å². The molecule has 24 heavy (non-hydrogen) atoms. The minimum atomic E-state index is 0.0680. The Labute approximate surface area is 149 Å². The molecule has 1 saturated heterocycles. The van der Waals surface area contributed by atoms with Crippen LogP contribution < -0.4 is 10.2 Å². The lowest BCUT2D eigenvalue weighted by atomic mass is 10.1. The van der Waals surface area contributed by atoms with Gasteiger partial charge in [0.15, 0.2) is 0 Å². The van der Waals surface area contributed by atoms with Crippen LogP contribution in [0.2, 0.25) is 5.02 Å². The highest BCUT2D eigenvalue weighted by atomic mass is 35.5. The number of hydrogen-bond donors (Lipinski definition) is 1. The van der Waals surface area contributed by atoms with Crippen molar-refractivity contribution in [2.45, 2.75) is 32.1 Å². The van der Waals surface area contributed by atoms with Gasteiger partial charge < -0.3 is 15.1 Å². The van der Waals surface area contributed by atoms with Crippen LogP contribution in [0, 0.1) is 0 Å². The van der Waals surface area contributed by atoms with E-state index in [0.29, 0.717) is 12.8 Å². The fourth-order valence-electron chi connectivity index (χ4n) is 2.91. The van der Waals surface area contributed by atoms with Gasteiger partial charge in [-0.1, -0.05) is 24.1 Å². The summed E-state index contributed by atoms with van der Waals surface area (Å²) in [5, 5.41) is 3.35. The Hall–Kier alpha value is -1.75.